The van der Waals surface area contributed by atoms with Gasteiger partial charge >= 0.3 is 17.9 Å². The Morgan fingerprint density at radius 3 is 1.30 bits per heavy atom. The highest BCUT2D eigenvalue weighted by molar-refractivity contribution is 5.72. The Balaban J connectivity index is 4.27. The monoisotopic (exact) mass is 897 g/mol. The average Bonchev–Trinajstić information content (AvgIpc) is 3.26. The molecular formula is C56H98NO7+. The van der Waals surface area contributed by atoms with Gasteiger partial charge in [0.05, 0.1) is 34.4 Å². The van der Waals surface area contributed by atoms with Crippen molar-refractivity contribution in [2.75, 3.05) is 41.0 Å². The largest absolute Gasteiger partial charge is 0.477 e. The smallest absolute Gasteiger partial charge is 0.362 e. The number of hydrogen-bond donors (Lipinski definition) is 1. The van der Waals surface area contributed by atoms with E-state index in [9.17, 15) is 19.5 Å². The molecule has 368 valence electrons. The molecule has 0 spiro atoms. The van der Waals surface area contributed by atoms with Crippen LogP contribution in [0.15, 0.2) is 72.9 Å². The molecule has 2 atom stereocenters. The lowest BCUT2D eigenvalue weighted by Crippen LogP contribution is -2.50. The van der Waals surface area contributed by atoms with E-state index in [1.165, 1.54) is 128 Å². The predicted octanol–water partition coefficient (Wildman–Crippen LogP) is 15.1. The number of quaternary nitrogens is 1. The Hall–Kier alpha value is -3.23. The lowest BCUT2D eigenvalue weighted by atomic mass is 10.0. The Morgan fingerprint density at radius 1 is 0.484 bits per heavy atom. The van der Waals surface area contributed by atoms with E-state index in [1.54, 1.807) is 0 Å². The van der Waals surface area contributed by atoms with E-state index in [1.807, 2.05) is 81.9 Å². The summed E-state index contributed by atoms with van der Waals surface area (Å²) >= 11 is 0. The van der Waals surface area contributed by atoms with Crippen LogP contribution in [-0.2, 0) is 28.6 Å². The Labute approximate surface area is 393 Å². The molecule has 0 aromatic rings. The summed E-state index contributed by atoms with van der Waals surface area (Å²) in [6.45, 7) is 4.57. The summed E-state index contributed by atoms with van der Waals surface area (Å²) in [6, 6.07) is -0.625. The standard InChI is InChI=1S/C56H97NO7/c1-6-8-10-12-14-16-18-20-22-24-25-26-27-28-29-31-33-35-37-39-41-43-45-47-55(59)64-52(50-62-49-48-53(56(60)61)57(3,4)5)51-63-54(58)46-44-42-40-38-36-34-32-30-23-21-19-17-15-13-11-9-7-2/h9,11,13,15,17,19,21,23,30,32,34,36,52-53H,6-8,10,12,14,16,18,20,22,24-29,31,33,35,37-51H2,1-5H3/p+1/b11-9+,15-13+,19-17+,23-21+,32-30+,36-34+. The molecule has 0 aromatic heterocycles. The summed E-state index contributed by atoms with van der Waals surface area (Å²) < 4.78 is 17.3. The third-order valence-electron chi connectivity index (χ3n) is 11.5. The minimum absolute atomic E-state index is 0.0451. The van der Waals surface area contributed by atoms with Crippen molar-refractivity contribution in [3.05, 3.63) is 72.9 Å². The van der Waals surface area contributed by atoms with E-state index >= 15 is 0 Å². The number of carbonyl (C=O) groups is 3. The number of unbranched alkanes of at least 4 members (excludes halogenated alkanes) is 25. The normalized spacial score (nSPS) is 13.5. The number of carboxylic acids is 1. The molecule has 2 unspecified atom stereocenters. The highest BCUT2D eigenvalue weighted by Crippen LogP contribution is 2.16. The first-order valence-corrected chi connectivity index (χ1v) is 26.1. The maximum Gasteiger partial charge on any atom is 0.362 e. The molecule has 1 N–H and O–H groups in total. The van der Waals surface area contributed by atoms with Crippen LogP contribution in [-0.4, -0.2) is 80.6 Å². The molecule has 0 saturated heterocycles. The second kappa shape index (κ2) is 46.3. The third kappa shape index (κ3) is 44.0. The van der Waals surface area contributed by atoms with Crippen LogP contribution < -0.4 is 0 Å². The van der Waals surface area contributed by atoms with E-state index in [2.05, 4.69) is 26.0 Å². The topological polar surface area (TPSA) is 99.1 Å². The summed E-state index contributed by atoms with van der Waals surface area (Å²) in [5.41, 5.74) is 0. The first-order chi connectivity index (χ1) is 31.1. The number of hydrogen-bond acceptors (Lipinski definition) is 6. The van der Waals surface area contributed by atoms with Crippen LogP contribution in [0.1, 0.15) is 213 Å². The molecule has 64 heavy (non-hydrogen) atoms. The molecule has 8 nitrogen and oxygen atoms in total. The fourth-order valence-corrected chi connectivity index (χ4v) is 7.54. The molecule has 0 bridgehead atoms. The van der Waals surface area contributed by atoms with E-state index in [-0.39, 0.29) is 36.2 Å². The molecule has 8 heteroatoms. The predicted molar refractivity (Wildman–Crippen MR) is 270 cm³/mol. The molecule has 0 heterocycles. The van der Waals surface area contributed by atoms with Gasteiger partial charge in [0, 0.05) is 19.3 Å². The molecule has 0 aliphatic carbocycles. The summed E-state index contributed by atoms with van der Waals surface area (Å²) in [5, 5.41) is 9.65. The van der Waals surface area contributed by atoms with Gasteiger partial charge in [-0.1, -0.05) is 234 Å². The van der Waals surface area contributed by atoms with E-state index < -0.39 is 18.1 Å². The molecule has 0 aliphatic rings. The van der Waals surface area contributed by atoms with Gasteiger partial charge in [-0.05, 0) is 32.1 Å². The van der Waals surface area contributed by atoms with Gasteiger partial charge in [-0.2, -0.15) is 0 Å². The van der Waals surface area contributed by atoms with Gasteiger partial charge in [0.2, 0.25) is 0 Å². The number of likely N-dealkylation sites (N-methyl/N-ethyl adjacent to an activating group) is 1. The number of carbonyl (C=O) groups excluding carboxylic acids is 2. The van der Waals surface area contributed by atoms with Gasteiger partial charge in [0.1, 0.15) is 6.61 Å². The van der Waals surface area contributed by atoms with Crippen molar-refractivity contribution >= 4 is 17.9 Å². The summed E-state index contributed by atoms with van der Waals surface area (Å²) in [7, 11) is 5.52. The van der Waals surface area contributed by atoms with Crippen LogP contribution in [0.25, 0.3) is 0 Å². The highest BCUT2D eigenvalue weighted by Gasteiger charge is 2.31. The summed E-state index contributed by atoms with van der Waals surface area (Å²) in [6.07, 6.45) is 59.6. The Kier molecular flexibility index (Phi) is 44.0. The minimum Gasteiger partial charge on any atom is -0.477 e. The Bertz CT molecular complexity index is 1270. The number of ether oxygens (including phenoxy) is 3. The quantitative estimate of drug-likeness (QED) is 0.0281. The number of nitrogens with zero attached hydrogens (tertiary/aromatic N) is 1. The molecule has 0 radical (unpaired) electrons. The van der Waals surface area contributed by atoms with Gasteiger partial charge in [-0.3, -0.25) is 9.59 Å². The van der Waals surface area contributed by atoms with Crippen LogP contribution in [0.4, 0.5) is 0 Å². The maximum absolute atomic E-state index is 12.8. The molecule has 0 fully saturated rings. The number of esters is 2. The fraction of sp³-hybridized carbons (Fsp3) is 0.732. The van der Waals surface area contributed by atoms with Gasteiger partial charge in [0.15, 0.2) is 12.1 Å². The van der Waals surface area contributed by atoms with Crippen molar-refractivity contribution in [3.8, 4) is 0 Å². The van der Waals surface area contributed by atoms with Crippen LogP contribution in [0.3, 0.4) is 0 Å². The van der Waals surface area contributed by atoms with Crippen LogP contribution in [0, 0.1) is 0 Å². The second-order valence-electron chi connectivity index (χ2n) is 18.6. The van der Waals surface area contributed by atoms with Gasteiger partial charge < -0.3 is 23.8 Å². The van der Waals surface area contributed by atoms with Crippen LogP contribution in [0.2, 0.25) is 0 Å². The van der Waals surface area contributed by atoms with Crippen molar-refractivity contribution in [3.63, 3.8) is 0 Å². The number of carboxylic acid groups (broad SMARTS) is 1. The number of aliphatic carboxylic acids is 1. The van der Waals surface area contributed by atoms with Gasteiger partial charge in [0.25, 0.3) is 0 Å². The molecule has 0 amide bonds. The van der Waals surface area contributed by atoms with Gasteiger partial charge in [-0.25, -0.2) is 4.79 Å². The molecular weight excluding hydrogens is 799 g/mol. The van der Waals surface area contributed by atoms with Crippen molar-refractivity contribution in [2.24, 2.45) is 0 Å². The highest BCUT2D eigenvalue weighted by atomic mass is 16.6. The maximum atomic E-state index is 12.8. The van der Waals surface area contributed by atoms with Crippen molar-refractivity contribution in [1.29, 1.82) is 0 Å². The number of allylic oxidation sites excluding steroid dienone is 12. The van der Waals surface area contributed by atoms with Crippen molar-refractivity contribution in [1.82, 2.24) is 0 Å². The van der Waals surface area contributed by atoms with E-state index in [0.29, 0.717) is 19.3 Å². The van der Waals surface area contributed by atoms with E-state index in [0.717, 1.165) is 51.4 Å². The van der Waals surface area contributed by atoms with Crippen molar-refractivity contribution in [2.45, 2.75) is 225 Å². The number of rotatable bonds is 46. The molecule has 0 aromatic carbocycles. The van der Waals surface area contributed by atoms with E-state index in [4.69, 9.17) is 14.2 Å². The summed E-state index contributed by atoms with van der Waals surface area (Å²) in [5.74, 6) is -1.52. The van der Waals surface area contributed by atoms with Crippen LogP contribution >= 0.6 is 0 Å². The zero-order chi connectivity index (χ0) is 47.0. The first kappa shape index (κ1) is 60.8. The zero-order valence-corrected chi connectivity index (χ0v) is 42.0. The summed E-state index contributed by atoms with van der Waals surface area (Å²) in [4.78, 5) is 37.2. The molecule has 0 aliphatic heterocycles. The molecule has 0 rings (SSSR count). The lowest BCUT2D eigenvalue weighted by molar-refractivity contribution is -0.887. The van der Waals surface area contributed by atoms with Gasteiger partial charge in [-0.15, -0.1) is 0 Å². The minimum atomic E-state index is -0.882. The Morgan fingerprint density at radius 2 is 0.875 bits per heavy atom. The average molecular weight is 897 g/mol. The van der Waals surface area contributed by atoms with Crippen molar-refractivity contribution < 1.29 is 38.2 Å². The first-order valence-electron chi connectivity index (χ1n) is 26.1. The second-order valence-corrected chi connectivity index (χ2v) is 18.6. The zero-order valence-electron chi connectivity index (χ0n) is 42.0. The third-order valence-corrected chi connectivity index (χ3v) is 11.5. The lowest BCUT2D eigenvalue weighted by Gasteiger charge is -2.31. The van der Waals surface area contributed by atoms with Crippen LogP contribution in [0.5, 0.6) is 0 Å². The SMILES string of the molecule is CC/C=C/C=C/C=C/C=C/C=C/C=C/CCCCCC(=O)OCC(COCCC(C(=O)O)[N+](C)(C)C)OC(=O)CCCCCCCCCCCCCCCCCCCCCCCCC. The molecule has 0 saturated carbocycles. The fourth-order valence-electron chi connectivity index (χ4n) is 7.54.